The fourth-order valence-corrected chi connectivity index (χ4v) is 8.20. The van der Waals surface area contributed by atoms with Crippen LogP contribution in [0.2, 0.25) is 10.6 Å². The minimum atomic E-state index is -1.02. The second-order valence-corrected chi connectivity index (χ2v) is 8.46. The maximum atomic E-state index is 10.7. The summed E-state index contributed by atoms with van der Waals surface area (Å²) >= 11 is 0.660. The third-order valence-corrected chi connectivity index (χ3v) is 8.76. The topological polar surface area (TPSA) is 63.3 Å². The van der Waals surface area contributed by atoms with Gasteiger partial charge >= 0.3 is 74.4 Å². The van der Waals surface area contributed by atoms with Crippen LogP contribution in [0.5, 0.6) is 0 Å². The molecular formula is C6H12NO2SSe. The molecular weight excluding hydrogens is 229 g/mol. The Balaban J connectivity index is 2.57. The molecule has 0 aliphatic carbocycles. The number of carboxylic acid groups (broad SMARTS) is 1. The van der Waals surface area contributed by atoms with Gasteiger partial charge in [-0.2, -0.15) is 0 Å². The van der Waals surface area contributed by atoms with Crippen LogP contribution in [0.3, 0.4) is 0 Å². The van der Waals surface area contributed by atoms with Crippen LogP contribution in [0.4, 0.5) is 0 Å². The summed E-state index contributed by atoms with van der Waals surface area (Å²) in [7, 11) is 0. The molecule has 1 heterocycles. The minimum absolute atomic E-state index is 0.287. The Morgan fingerprint density at radius 3 is 2.73 bits per heavy atom. The van der Waals surface area contributed by atoms with Crippen molar-refractivity contribution >= 4 is 31.6 Å². The summed E-state index contributed by atoms with van der Waals surface area (Å²) in [6, 6.07) is 0. The van der Waals surface area contributed by atoms with Gasteiger partial charge < -0.3 is 0 Å². The number of hydrogen-bond acceptors (Lipinski definition) is 3. The Hall–Kier alpha value is 0.299. The van der Waals surface area contributed by atoms with E-state index in [0.29, 0.717) is 0 Å². The van der Waals surface area contributed by atoms with Gasteiger partial charge in [-0.1, -0.05) is 0 Å². The Morgan fingerprint density at radius 2 is 2.45 bits per heavy atom. The number of thioether (sulfide) groups is 1. The van der Waals surface area contributed by atoms with Gasteiger partial charge in [0.15, 0.2) is 0 Å². The fourth-order valence-electron chi connectivity index (χ4n) is 1.11. The third kappa shape index (κ3) is 1.31. The standard InChI is InChI=1S/C6H12NO2SSe/c1-10-3-4-6(7,5(8)9)11(4)2/h4H,3,7H2,1-2H3,(H,8,9). The van der Waals surface area contributed by atoms with Crippen LogP contribution in [0.15, 0.2) is 0 Å². The molecule has 1 fully saturated rings. The molecule has 5 heteroatoms. The van der Waals surface area contributed by atoms with Crippen molar-refractivity contribution in [2.24, 2.45) is 5.73 Å². The van der Waals surface area contributed by atoms with Gasteiger partial charge in [0.1, 0.15) is 0 Å². The van der Waals surface area contributed by atoms with Gasteiger partial charge in [0.25, 0.3) is 0 Å². The van der Waals surface area contributed by atoms with E-state index in [9.17, 15) is 4.79 Å². The van der Waals surface area contributed by atoms with Gasteiger partial charge in [-0.25, -0.2) is 0 Å². The second-order valence-electron chi connectivity index (χ2n) is 2.60. The molecule has 65 valence electrons. The monoisotopic (exact) mass is 242 g/mol. The molecule has 1 saturated heterocycles. The van der Waals surface area contributed by atoms with Crippen molar-refractivity contribution in [1.82, 2.24) is 0 Å². The van der Waals surface area contributed by atoms with E-state index in [1.54, 1.807) is 11.8 Å². The number of carboxylic acids is 1. The van der Waals surface area contributed by atoms with E-state index in [1.165, 1.54) is 0 Å². The summed E-state index contributed by atoms with van der Waals surface area (Å²) in [5.41, 5.74) is 5.71. The molecule has 0 aromatic carbocycles. The molecule has 0 saturated carbocycles. The molecule has 0 spiro atoms. The molecule has 1 rings (SSSR count). The van der Waals surface area contributed by atoms with Crippen LogP contribution in [-0.4, -0.2) is 41.4 Å². The van der Waals surface area contributed by atoms with Gasteiger partial charge in [-0.15, -0.1) is 0 Å². The molecule has 3 nitrogen and oxygen atoms in total. The van der Waals surface area contributed by atoms with Crippen molar-refractivity contribution in [3.8, 4) is 0 Å². The molecule has 2 unspecified atom stereocenters. The molecule has 0 aromatic rings. The average molecular weight is 241 g/mol. The van der Waals surface area contributed by atoms with E-state index in [4.69, 9.17) is 10.8 Å². The van der Waals surface area contributed by atoms with Crippen molar-refractivity contribution in [2.75, 3.05) is 12.0 Å². The van der Waals surface area contributed by atoms with Crippen molar-refractivity contribution in [2.45, 2.75) is 15.1 Å². The molecule has 1 aliphatic heterocycles. The predicted octanol–water partition coefficient (Wildman–Crippen LogP) is 0.179. The Labute approximate surface area is 74.6 Å². The zero-order chi connectivity index (χ0) is 8.65. The quantitative estimate of drug-likeness (QED) is 0.692. The number of rotatable bonds is 3. The molecule has 2 atom stereocenters. The Morgan fingerprint density at radius 1 is 1.91 bits per heavy atom. The second kappa shape index (κ2) is 2.98. The molecule has 0 bridgehead atoms. The van der Waals surface area contributed by atoms with E-state index in [2.05, 4.69) is 0 Å². The van der Waals surface area contributed by atoms with Gasteiger partial charge in [-0.3, -0.25) is 0 Å². The van der Waals surface area contributed by atoms with Gasteiger partial charge in [0.2, 0.25) is 0 Å². The summed E-state index contributed by atoms with van der Waals surface area (Å²) in [4.78, 5) is 11.0. The molecule has 11 heavy (non-hydrogen) atoms. The molecule has 1 radical (unpaired) electrons. The summed E-state index contributed by atoms with van der Waals surface area (Å²) in [6.07, 6.45) is 1.99. The SMILES string of the molecule is CSCC1[Se](C)C1(N)C(=O)O. The fraction of sp³-hybridized carbons (Fsp3) is 0.833. The average Bonchev–Trinajstić information content (AvgIpc) is 2.43. The number of nitrogens with two attached hydrogens (primary N) is 1. The van der Waals surface area contributed by atoms with Gasteiger partial charge in [0.05, 0.1) is 0 Å². The zero-order valence-corrected chi connectivity index (χ0v) is 9.06. The zero-order valence-electron chi connectivity index (χ0n) is 6.53. The number of carbonyl (C=O) groups is 1. The normalized spacial score (nSPS) is 37.2. The van der Waals surface area contributed by atoms with Crippen molar-refractivity contribution in [3.63, 3.8) is 0 Å². The van der Waals surface area contributed by atoms with Crippen LogP contribution in [-0.2, 0) is 4.79 Å². The van der Waals surface area contributed by atoms with Crippen LogP contribution in [0.25, 0.3) is 0 Å². The summed E-state index contributed by atoms with van der Waals surface area (Å²) < 4.78 is -0.803. The number of hydrogen-bond donors (Lipinski definition) is 2. The van der Waals surface area contributed by atoms with Crippen LogP contribution in [0.1, 0.15) is 0 Å². The first-order chi connectivity index (χ1) is 5.05. The van der Waals surface area contributed by atoms with E-state index in [1.807, 2.05) is 12.1 Å². The summed E-state index contributed by atoms with van der Waals surface area (Å²) in [5.74, 6) is 2.13. The predicted molar refractivity (Wildman–Crippen MR) is 48.3 cm³/mol. The van der Waals surface area contributed by atoms with Crippen LogP contribution in [0, 0.1) is 0 Å². The maximum absolute atomic E-state index is 10.7. The van der Waals surface area contributed by atoms with Gasteiger partial charge in [0, 0.05) is 0 Å². The van der Waals surface area contributed by atoms with E-state index < -0.39 is 24.3 Å². The number of aliphatic carboxylic acids is 1. The van der Waals surface area contributed by atoms with E-state index >= 15 is 0 Å². The summed E-state index contributed by atoms with van der Waals surface area (Å²) in [5, 5.41) is 8.78. The Kier molecular flexibility index (Phi) is 2.54. The first-order valence-electron chi connectivity index (χ1n) is 3.21. The first kappa shape index (κ1) is 9.39. The Bertz CT molecular complexity index is 189. The van der Waals surface area contributed by atoms with E-state index in [-0.39, 0.29) is 4.82 Å². The van der Waals surface area contributed by atoms with Gasteiger partial charge in [-0.05, 0) is 0 Å². The molecule has 0 aromatic heterocycles. The van der Waals surface area contributed by atoms with Crippen molar-refractivity contribution in [1.29, 1.82) is 0 Å². The third-order valence-electron chi connectivity index (χ3n) is 2.03. The van der Waals surface area contributed by atoms with Crippen molar-refractivity contribution in [3.05, 3.63) is 0 Å². The summed E-state index contributed by atoms with van der Waals surface area (Å²) in [6.45, 7) is 0. The first-order valence-corrected chi connectivity index (χ1v) is 8.16. The van der Waals surface area contributed by atoms with Crippen LogP contribution < -0.4 is 5.73 Å². The molecule has 3 N–H and O–H groups in total. The van der Waals surface area contributed by atoms with Crippen molar-refractivity contribution < 1.29 is 9.90 Å². The van der Waals surface area contributed by atoms with Crippen LogP contribution >= 0.6 is 11.8 Å². The van der Waals surface area contributed by atoms with E-state index in [0.717, 1.165) is 5.75 Å². The molecule has 0 amide bonds. The molecule has 1 aliphatic rings.